The number of amides is 2. The minimum atomic E-state index is -2.11. The number of aliphatic carboxylic acids is 1. The molecule has 2 aliphatic rings. The van der Waals surface area contributed by atoms with Gasteiger partial charge in [-0.2, -0.15) is 0 Å². The zero-order chi connectivity index (χ0) is 27.9. The minimum absolute atomic E-state index is 0.181. The molecular weight excluding hydrogens is 524 g/mol. The van der Waals surface area contributed by atoms with Gasteiger partial charge in [-0.3, -0.25) is 19.7 Å². The molecule has 0 saturated carbocycles. The Morgan fingerprint density at radius 2 is 1.82 bits per heavy atom. The van der Waals surface area contributed by atoms with Crippen LogP contribution in [0, 0.1) is 18.8 Å². The van der Waals surface area contributed by atoms with Gasteiger partial charge in [-0.15, -0.1) is 0 Å². The largest absolute Gasteiger partial charge is 0.493 e. The Hall–Kier alpha value is -3.92. The van der Waals surface area contributed by atoms with Crippen molar-refractivity contribution in [1.29, 1.82) is 0 Å². The number of ether oxygens (including phenoxy) is 2. The van der Waals surface area contributed by atoms with E-state index in [1.54, 1.807) is 37.3 Å². The number of carbonyl (C=O) groups excluding carboxylic acids is 2. The van der Waals surface area contributed by atoms with Gasteiger partial charge in [-0.25, -0.2) is 4.90 Å². The number of carboxylic acid groups (broad SMARTS) is 1. The number of aliphatic hydroxyl groups is 1. The molecule has 0 aliphatic carbocycles. The van der Waals surface area contributed by atoms with E-state index >= 15 is 0 Å². The Morgan fingerprint density at radius 1 is 1.08 bits per heavy atom. The van der Waals surface area contributed by atoms with Gasteiger partial charge >= 0.3 is 5.97 Å². The normalized spacial score (nSPS) is 24.1. The van der Waals surface area contributed by atoms with Crippen LogP contribution in [-0.2, 0) is 21.0 Å². The highest BCUT2D eigenvalue weighted by atomic mass is 35.5. The quantitative estimate of drug-likeness (QED) is 0.364. The van der Waals surface area contributed by atoms with E-state index in [1.165, 1.54) is 13.2 Å². The number of imide groups is 1. The molecule has 2 amide bonds. The Kier molecular flexibility index (Phi) is 7.07. The number of halogens is 1. The number of aliphatic hydroxyl groups excluding tert-OH is 1. The standard InChI is InChI=1S/C29H27ClN2O7/c1-16-11-12-18(13-20(16)30)32-26(34)22-23(27(32)35)29(15-33,28(36)37)31-24(22)19-9-6-10-21(38-2)25(19)39-14-17-7-4-3-5-8-17/h3-13,22-24,31,33H,14-15H2,1-2H3,(H,36,37). The molecule has 3 aromatic rings. The third-order valence-electron chi connectivity index (χ3n) is 7.49. The van der Waals surface area contributed by atoms with Crippen LogP contribution < -0.4 is 19.7 Å². The van der Waals surface area contributed by atoms with Gasteiger partial charge in [0.2, 0.25) is 11.8 Å². The van der Waals surface area contributed by atoms with Crippen molar-refractivity contribution in [2.45, 2.75) is 25.1 Å². The highest BCUT2D eigenvalue weighted by molar-refractivity contribution is 6.32. The molecule has 2 saturated heterocycles. The molecule has 39 heavy (non-hydrogen) atoms. The van der Waals surface area contributed by atoms with E-state index in [0.29, 0.717) is 22.1 Å². The molecule has 0 radical (unpaired) electrons. The van der Waals surface area contributed by atoms with Crippen molar-refractivity contribution in [3.8, 4) is 11.5 Å². The first-order valence-electron chi connectivity index (χ1n) is 12.3. The number of carbonyl (C=O) groups is 3. The number of benzene rings is 3. The number of nitrogens with zero attached hydrogens (tertiary/aromatic N) is 1. The van der Waals surface area contributed by atoms with E-state index in [2.05, 4.69) is 5.32 Å². The average molecular weight is 551 g/mol. The van der Waals surface area contributed by atoms with Gasteiger partial charge in [0.25, 0.3) is 0 Å². The fraction of sp³-hybridized carbons (Fsp3) is 0.276. The van der Waals surface area contributed by atoms with E-state index in [9.17, 15) is 24.6 Å². The third kappa shape index (κ3) is 4.32. The second-order valence-electron chi connectivity index (χ2n) is 9.66. The van der Waals surface area contributed by atoms with Crippen molar-refractivity contribution in [2.24, 2.45) is 11.8 Å². The first-order valence-corrected chi connectivity index (χ1v) is 12.7. The molecule has 202 valence electrons. The molecule has 3 N–H and O–H groups in total. The summed E-state index contributed by atoms with van der Waals surface area (Å²) < 4.78 is 11.7. The van der Waals surface area contributed by atoms with Crippen molar-refractivity contribution in [1.82, 2.24) is 5.32 Å². The Balaban J connectivity index is 1.61. The highest BCUT2D eigenvalue weighted by Crippen LogP contribution is 2.52. The number of aryl methyl sites for hydroxylation is 1. The predicted molar refractivity (Wildman–Crippen MR) is 143 cm³/mol. The molecule has 0 aromatic heterocycles. The molecule has 4 unspecified atom stereocenters. The molecular formula is C29H27ClN2O7. The maximum absolute atomic E-state index is 13.9. The van der Waals surface area contributed by atoms with Gasteiger partial charge in [0.05, 0.1) is 31.2 Å². The predicted octanol–water partition coefficient (Wildman–Crippen LogP) is 3.50. The monoisotopic (exact) mass is 550 g/mol. The number of nitrogens with one attached hydrogen (secondary N) is 1. The van der Waals surface area contributed by atoms with Gasteiger partial charge in [-0.1, -0.05) is 60.1 Å². The van der Waals surface area contributed by atoms with Crippen LogP contribution in [-0.4, -0.2) is 47.3 Å². The summed E-state index contributed by atoms with van der Waals surface area (Å²) in [6.07, 6.45) is 0. The zero-order valence-electron chi connectivity index (χ0n) is 21.3. The van der Waals surface area contributed by atoms with Crippen LogP contribution in [0.25, 0.3) is 0 Å². The van der Waals surface area contributed by atoms with E-state index in [4.69, 9.17) is 21.1 Å². The van der Waals surface area contributed by atoms with Gasteiger partial charge in [0.15, 0.2) is 17.0 Å². The summed E-state index contributed by atoms with van der Waals surface area (Å²) >= 11 is 6.28. The first-order chi connectivity index (χ1) is 18.7. The fourth-order valence-corrected chi connectivity index (χ4v) is 5.65. The molecule has 0 spiro atoms. The highest BCUT2D eigenvalue weighted by Gasteiger charge is 2.69. The van der Waals surface area contributed by atoms with Crippen LogP contribution in [0.3, 0.4) is 0 Å². The minimum Gasteiger partial charge on any atom is -0.493 e. The summed E-state index contributed by atoms with van der Waals surface area (Å²) in [5.74, 6) is -4.63. The molecule has 2 heterocycles. The van der Waals surface area contributed by atoms with Crippen molar-refractivity contribution in [3.05, 3.63) is 88.4 Å². The Labute approximate surface area is 229 Å². The van der Waals surface area contributed by atoms with E-state index in [0.717, 1.165) is 16.0 Å². The van der Waals surface area contributed by atoms with Gasteiger partial charge in [-0.05, 0) is 36.2 Å². The van der Waals surface area contributed by atoms with E-state index < -0.39 is 47.8 Å². The number of methoxy groups -OCH3 is 1. The van der Waals surface area contributed by atoms with Gasteiger partial charge < -0.3 is 19.7 Å². The van der Waals surface area contributed by atoms with Gasteiger partial charge in [0.1, 0.15) is 6.61 Å². The lowest BCUT2D eigenvalue weighted by Crippen LogP contribution is -2.58. The lowest BCUT2D eigenvalue weighted by molar-refractivity contribution is -0.150. The lowest BCUT2D eigenvalue weighted by Gasteiger charge is -2.29. The number of fused-ring (bicyclic) bond motifs is 1. The number of hydrogen-bond donors (Lipinski definition) is 3. The summed E-state index contributed by atoms with van der Waals surface area (Å²) in [6.45, 7) is 1.06. The van der Waals surface area contributed by atoms with Crippen LogP contribution >= 0.6 is 11.6 Å². The van der Waals surface area contributed by atoms with Crippen LogP contribution in [0.4, 0.5) is 5.69 Å². The number of carboxylic acids is 1. The summed E-state index contributed by atoms with van der Waals surface area (Å²) in [7, 11) is 1.47. The van der Waals surface area contributed by atoms with Crippen molar-refractivity contribution in [2.75, 3.05) is 18.6 Å². The molecule has 9 nitrogen and oxygen atoms in total. The van der Waals surface area contributed by atoms with Crippen LogP contribution in [0.2, 0.25) is 5.02 Å². The Morgan fingerprint density at radius 3 is 2.46 bits per heavy atom. The first kappa shape index (κ1) is 26.7. The number of anilines is 1. The molecule has 5 rings (SSSR count). The Bertz CT molecular complexity index is 1450. The maximum Gasteiger partial charge on any atom is 0.327 e. The number of hydrogen-bond acceptors (Lipinski definition) is 7. The fourth-order valence-electron chi connectivity index (χ4n) is 5.48. The molecule has 2 aliphatic heterocycles. The lowest BCUT2D eigenvalue weighted by atomic mass is 9.79. The number of rotatable bonds is 8. The smallest absolute Gasteiger partial charge is 0.327 e. The molecule has 10 heteroatoms. The number of para-hydroxylation sites is 1. The van der Waals surface area contributed by atoms with E-state index in [-0.39, 0.29) is 12.3 Å². The third-order valence-corrected chi connectivity index (χ3v) is 7.90. The SMILES string of the molecule is COc1cccc(C2NC(CO)(C(=O)O)C3C(=O)N(c4ccc(C)c(Cl)c4)C(=O)C23)c1OCc1ccccc1. The summed E-state index contributed by atoms with van der Waals surface area (Å²) in [5.41, 5.74) is 0.201. The molecule has 0 bridgehead atoms. The zero-order valence-corrected chi connectivity index (χ0v) is 22.0. The summed E-state index contributed by atoms with van der Waals surface area (Å²) in [4.78, 5) is 41.3. The average Bonchev–Trinajstić information content (AvgIpc) is 3.43. The van der Waals surface area contributed by atoms with Crippen LogP contribution in [0.1, 0.15) is 22.7 Å². The molecule has 3 aromatic carbocycles. The maximum atomic E-state index is 13.9. The molecule has 2 fully saturated rings. The summed E-state index contributed by atoms with van der Waals surface area (Å²) in [5, 5.41) is 23.9. The van der Waals surface area contributed by atoms with Crippen molar-refractivity contribution in [3.63, 3.8) is 0 Å². The van der Waals surface area contributed by atoms with Crippen molar-refractivity contribution < 1.29 is 34.1 Å². The van der Waals surface area contributed by atoms with Crippen LogP contribution in [0.5, 0.6) is 11.5 Å². The second kappa shape index (κ2) is 10.3. The topological polar surface area (TPSA) is 125 Å². The van der Waals surface area contributed by atoms with Crippen LogP contribution in [0.15, 0.2) is 66.7 Å². The molecule has 4 atom stereocenters. The summed E-state index contributed by atoms with van der Waals surface area (Å²) in [6, 6.07) is 18.3. The van der Waals surface area contributed by atoms with Gasteiger partial charge in [0, 0.05) is 16.6 Å². The second-order valence-corrected chi connectivity index (χ2v) is 10.1. The van der Waals surface area contributed by atoms with E-state index in [1.807, 2.05) is 30.3 Å². The van der Waals surface area contributed by atoms with Crippen molar-refractivity contribution >= 4 is 35.1 Å².